The molecule has 5 heteroatoms. The Bertz CT molecular complexity index is 499. The van der Waals surface area contributed by atoms with Crippen LogP contribution in [-0.4, -0.2) is 47.4 Å². The molecule has 1 amide bonds. The molecule has 23 heavy (non-hydrogen) atoms. The standard InChI is InChI=1S/C18H28N2O3/c1-18(2,3)19-17(22)23-16-9-10-20(12-15(16)13-21)11-14-7-5-4-6-8-14/h4-8,15-16,21H,9-13H2,1-3H3,(H,19,22). The quantitative estimate of drug-likeness (QED) is 0.894. The number of carbonyl (C=O) groups is 1. The minimum absolute atomic E-state index is 0.0265. The molecule has 1 heterocycles. The van der Waals surface area contributed by atoms with Gasteiger partial charge in [-0.15, -0.1) is 0 Å². The van der Waals surface area contributed by atoms with Crippen molar-refractivity contribution in [3.63, 3.8) is 0 Å². The smallest absolute Gasteiger partial charge is 0.407 e. The molecule has 0 spiro atoms. The molecule has 1 aliphatic rings. The van der Waals surface area contributed by atoms with Crippen molar-refractivity contribution in [3.8, 4) is 0 Å². The van der Waals surface area contributed by atoms with E-state index in [0.29, 0.717) is 0 Å². The van der Waals surface area contributed by atoms with Gasteiger partial charge in [-0.1, -0.05) is 30.3 Å². The summed E-state index contributed by atoms with van der Waals surface area (Å²) in [6, 6.07) is 10.3. The lowest BCUT2D eigenvalue weighted by Crippen LogP contribution is -2.49. The van der Waals surface area contributed by atoms with Crippen LogP contribution in [0.2, 0.25) is 0 Å². The minimum atomic E-state index is -0.405. The zero-order valence-corrected chi connectivity index (χ0v) is 14.3. The minimum Gasteiger partial charge on any atom is -0.446 e. The molecule has 1 aromatic rings. The molecule has 0 aromatic heterocycles. The van der Waals surface area contributed by atoms with E-state index >= 15 is 0 Å². The predicted molar refractivity (Wildman–Crippen MR) is 90.1 cm³/mol. The van der Waals surface area contributed by atoms with Gasteiger partial charge in [0.05, 0.1) is 6.61 Å². The van der Waals surface area contributed by atoms with Gasteiger partial charge in [0.25, 0.3) is 0 Å². The molecular weight excluding hydrogens is 292 g/mol. The van der Waals surface area contributed by atoms with Crippen LogP contribution in [-0.2, 0) is 11.3 Å². The third kappa shape index (κ3) is 5.84. The first-order valence-electron chi connectivity index (χ1n) is 8.23. The first-order chi connectivity index (χ1) is 10.9. The highest BCUT2D eigenvalue weighted by Crippen LogP contribution is 2.22. The molecule has 0 aliphatic carbocycles. The molecule has 2 unspecified atom stereocenters. The molecule has 1 aliphatic heterocycles. The fourth-order valence-electron chi connectivity index (χ4n) is 2.87. The zero-order chi connectivity index (χ0) is 16.9. The second kappa shape index (κ2) is 7.79. The van der Waals surface area contributed by atoms with Crippen molar-refractivity contribution in [2.24, 2.45) is 5.92 Å². The lowest BCUT2D eigenvalue weighted by atomic mass is 9.95. The number of rotatable bonds is 4. The van der Waals surface area contributed by atoms with Gasteiger partial charge in [-0.3, -0.25) is 4.90 Å². The third-order valence-corrected chi connectivity index (χ3v) is 3.97. The average molecular weight is 320 g/mol. The predicted octanol–water partition coefficient (Wildman–Crippen LogP) is 2.39. The molecule has 0 radical (unpaired) electrons. The zero-order valence-electron chi connectivity index (χ0n) is 14.3. The number of hydrogen-bond acceptors (Lipinski definition) is 4. The maximum Gasteiger partial charge on any atom is 0.407 e. The van der Waals surface area contributed by atoms with Crippen molar-refractivity contribution < 1.29 is 14.6 Å². The van der Waals surface area contributed by atoms with Gasteiger partial charge in [-0.25, -0.2) is 4.79 Å². The van der Waals surface area contributed by atoms with Gasteiger partial charge < -0.3 is 15.2 Å². The van der Waals surface area contributed by atoms with Crippen LogP contribution in [0.4, 0.5) is 4.79 Å². The Morgan fingerprint density at radius 2 is 2.04 bits per heavy atom. The lowest BCUT2D eigenvalue weighted by molar-refractivity contribution is -0.0162. The maximum atomic E-state index is 11.9. The van der Waals surface area contributed by atoms with E-state index in [1.165, 1.54) is 5.56 Å². The topological polar surface area (TPSA) is 61.8 Å². The molecule has 2 rings (SSSR count). The number of hydrogen-bond donors (Lipinski definition) is 2. The number of aliphatic hydroxyl groups is 1. The number of aliphatic hydroxyl groups excluding tert-OH is 1. The van der Waals surface area contributed by atoms with Crippen LogP contribution < -0.4 is 5.32 Å². The van der Waals surface area contributed by atoms with Crippen LogP contribution in [0.25, 0.3) is 0 Å². The van der Waals surface area contributed by atoms with Crippen LogP contribution in [0.3, 0.4) is 0 Å². The van der Waals surface area contributed by atoms with Crippen molar-refractivity contribution in [3.05, 3.63) is 35.9 Å². The number of benzene rings is 1. The average Bonchev–Trinajstić information content (AvgIpc) is 2.48. The number of nitrogens with one attached hydrogen (secondary N) is 1. The summed E-state index contributed by atoms with van der Waals surface area (Å²) in [7, 11) is 0. The van der Waals surface area contributed by atoms with Gasteiger partial charge >= 0.3 is 6.09 Å². The van der Waals surface area contributed by atoms with E-state index in [1.807, 2.05) is 39.0 Å². The summed E-state index contributed by atoms with van der Waals surface area (Å²) in [5.41, 5.74) is 0.939. The molecule has 1 fully saturated rings. The highest BCUT2D eigenvalue weighted by Gasteiger charge is 2.32. The monoisotopic (exact) mass is 320 g/mol. The van der Waals surface area contributed by atoms with Gasteiger partial charge in [0.2, 0.25) is 0 Å². The third-order valence-electron chi connectivity index (χ3n) is 3.97. The molecule has 1 aromatic carbocycles. The van der Waals surface area contributed by atoms with Gasteiger partial charge in [0.1, 0.15) is 6.10 Å². The van der Waals surface area contributed by atoms with Crippen LogP contribution in [0.15, 0.2) is 30.3 Å². The number of ether oxygens (including phenoxy) is 1. The van der Waals surface area contributed by atoms with Crippen molar-refractivity contribution >= 4 is 6.09 Å². The first-order valence-corrected chi connectivity index (χ1v) is 8.23. The summed E-state index contributed by atoms with van der Waals surface area (Å²) < 4.78 is 5.53. The Morgan fingerprint density at radius 1 is 1.35 bits per heavy atom. The first kappa shape index (κ1) is 17.8. The van der Waals surface area contributed by atoms with E-state index in [4.69, 9.17) is 4.74 Å². The largest absolute Gasteiger partial charge is 0.446 e. The molecule has 1 saturated heterocycles. The molecule has 2 atom stereocenters. The number of alkyl carbamates (subject to hydrolysis) is 1. The van der Waals surface area contributed by atoms with Gasteiger partial charge in [0.15, 0.2) is 0 Å². The van der Waals surface area contributed by atoms with Gasteiger partial charge in [0, 0.05) is 31.1 Å². The van der Waals surface area contributed by atoms with E-state index in [0.717, 1.165) is 26.1 Å². The second-order valence-electron chi connectivity index (χ2n) is 7.27. The molecule has 5 nitrogen and oxygen atoms in total. The fourth-order valence-corrected chi connectivity index (χ4v) is 2.87. The number of piperidine rings is 1. The van der Waals surface area contributed by atoms with Gasteiger partial charge in [-0.05, 0) is 32.8 Å². The van der Waals surface area contributed by atoms with E-state index in [-0.39, 0.29) is 24.2 Å². The summed E-state index contributed by atoms with van der Waals surface area (Å²) >= 11 is 0. The van der Waals surface area contributed by atoms with Crippen LogP contribution in [0.5, 0.6) is 0 Å². The molecule has 0 saturated carbocycles. The van der Waals surface area contributed by atoms with Crippen molar-refractivity contribution in [1.82, 2.24) is 10.2 Å². The van der Waals surface area contributed by atoms with E-state index in [9.17, 15) is 9.90 Å². The summed E-state index contributed by atoms with van der Waals surface area (Å²) in [5.74, 6) is -0.0434. The highest BCUT2D eigenvalue weighted by molar-refractivity contribution is 5.68. The Balaban J connectivity index is 1.87. The number of nitrogens with zero attached hydrogens (tertiary/aromatic N) is 1. The van der Waals surface area contributed by atoms with Crippen LogP contribution in [0.1, 0.15) is 32.8 Å². The van der Waals surface area contributed by atoms with E-state index in [1.54, 1.807) is 0 Å². The van der Waals surface area contributed by atoms with Crippen molar-refractivity contribution in [2.45, 2.75) is 45.4 Å². The molecule has 128 valence electrons. The number of amides is 1. The number of carbonyl (C=O) groups excluding carboxylic acids is 1. The normalized spacial score (nSPS) is 22.6. The lowest BCUT2D eigenvalue weighted by Gasteiger charge is -2.37. The number of likely N-dealkylation sites (tertiary alicyclic amines) is 1. The SMILES string of the molecule is CC(C)(C)NC(=O)OC1CCN(Cc2ccccc2)CC1CO. The van der Waals surface area contributed by atoms with Crippen LogP contribution in [0, 0.1) is 5.92 Å². The van der Waals surface area contributed by atoms with E-state index in [2.05, 4.69) is 22.3 Å². The molecular formula is C18H28N2O3. The second-order valence-corrected chi connectivity index (χ2v) is 7.27. The Hall–Kier alpha value is -1.59. The van der Waals surface area contributed by atoms with Crippen molar-refractivity contribution in [1.29, 1.82) is 0 Å². The Kier molecular flexibility index (Phi) is 6.02. The molecule has 2 N–H and O–H groups in total. The molecule has 0 bridgehead atoms. The fraction of sp³-hybridized carbons (Fsp3) is 0.611. The summed E-state index contributed by atoms with van der Waals surface area (Å²) in [4.78, 5) is 14.2. The Labute approximate surface area is 138 Å². The van der Waals surface area contributed by atoms with E-state index < -0.39 is 6.09 Å². The maximum absolute atomic E-state index is 11.9. The highest BCUT2D eigenvalue weighted by atomic mass is 16.6. The Morgan fingerprint density at radius 3 is 2.65 bits per heavy atom. The van der Waals surface area contributed by atoms with Crippen LogP contribution >= 0.6 is 0 Å². The summed E-state index contributed by atoms with van der Waals surface area (Å²) in [6.45, 7) is 8.23. The van der Waals surface area contributed by atoms with Crippen molar-refractivity contribution in [2.75, 3.05) is 19.7 Å². The van der Waals surface area contributed by atoms with Gasteiger partial charge in [-0.2, -0.15) is 0 Å². The summed E-state index contributed by atoms with van der Waals surface area (Å²) in [5, 5.41) is 12.5. The summed E-state index contributed by atoms with van der Waals surface area (Å²) in [6.07, 6.45) is 0.113.